The zero-order valence-electron chi connectivity index (χ0n) is 27.3. The monoisotopic (exact) mass is 665 g/mol. The lowest BCUT2D eigenvalue weighted by molar-refractivity contribution is 1.08. The van der Waals surface area contributed by atoms with Gasteiger partial charge >= 0.3 is 0 Å². The van der Waals surface area contributed by atoms with E-state index in [9.17, 15) is 0 Å². The molecule has 0 fully saturated rings. The standard InChI is InChI=1S/C47H27N3S/c1-3-12-31-23-36(21-17-28(31)9-1)45-48-46(37-22-18-29-10-2-4-13-32(29)24-37)50-47(49-45)40-26-35-20-19-30-11-7-8-16-38(30)42(35)44-43(40)39-25-33-14-5-6-15-34(33)27-41(39)51-44/h1-27H. The summed E-state index contributed by atoms with van der Waals surface area (Å²) in [6.45, 7) is 0. The predicted molar refractivity (Wildman–Crippen MR) is 217 cm³/mol. The molecule has 11 rings (SSSR count). The molecule has 0 unspecified atom stereocenters. The molecule has 0 saturated heterocycles. The zero-order chi connectivity index (χ0) is 33.5. The predicted octanol–water partition coefficient (Wildman–Crippen LogP) is 13.0. The third-order valence-electron chi connectivity index (χ3n) is 10.2. The molecule has 0 aliphatic rings. The average molecular weight is 666 g/mol. The normalized spacial score (nSPS) is 11.9. The largest absolute Gasteiger partial charge is 0.208 e. The van der Waals surface area contributed by atoms with Crippen LogP contribution in [0.3, 0.4) is 0 Å². The van der Waals surface area contributed by atoms with Crippen LogP contribution in [0.5, 0.6) is 0 Å². The number of fused-ring (bicyclic) bond motifs is 10. The van der Waals surface area contributed by atoms with E-state index in [0.29, 0.717) is 17.5 Å². The van der Waals surface area contributed by atoms with E-state index in [1.807, 2.05) is 11.3 Å². The Kier molecular flexibility index (Phi) is 6.12. The molecule has 4 heteroatoms. The second-order valence-corrected chi connectivity index (χ2v) is 14.3. The van der Waals surface area contributed by atoms with Crippen molar-refractivity contribution >= 4 is 85.4 Å². The first-order valence-electron chi connectivity index (χ1n) is 17.2. The first-order valence-corrected chi connectivity index (χ1v) is 18.0. The van der Waals surface area contributed by atoms with Crippen molar-refractivity contribution in [3.05, 3.63) is 164 Å². The molecule has 51 heavy (non-hydrogen) atoms. The highest BCUT2D eigenvalue weighted by Crippen LogP contribution is 2.47. The summed E-state index contributed by atoms with van der Waals surface area (Å²) in [6, 6.07) is 58.6. The number of thiophene rings is 1. The maximum absolute atomic E-state index is 5.32. The summed E-state index contributed by atoms with van der Waals surface area (Å²) in [7, 11) is 0. The lowest BCUT2D eigenvalue weighted by atomic mass is 9.95. The maximum atomic E-state index is 5.32. The number of hydrogen-bond donors (Lipinski definition) is 0. The first kappa shape index (κ1) is 28.4. The Morgan fingerprint density at radius 3 is 1.47 bits per heavy atom. The van der Waals surface area contributed by atoms with Crippen LogP contribution in [0.25, 0.3) is 108 Å². The molecule has 0 aliphatic heterocycles. The van der Waals surface area contributed by atoms with Gasteiger partial charge in [0.1, 0.15) is 0 Å². The summed E-state index contributed by atoms with van der Waals surface area (Å²) in [5.74, 6) is 1.99. The third kappa shape index (κ3) is 4.54. The van der Waals surface area contributed by atoms with E-state index in [1.54, 1.807) is 0 Å². The van der Waals surface area contributed by atoms with Crippen LogP contribution in [0.4, 0.5) is 0 Å². The molecule has 9 aromatic carbocycles. The van der Waals surface area contributed by atoms with Crippen LogP contribution in [0.2, 0.25) is 0 Å². The van der Waals surface area contributed by atoms with Gasteiger partial charge in [-0.2, -0.15) is 0 Å². The van der Waals surface area contributed by atoms with E-state index >= 15 is 0 Å². The highest BCUT2D eigenvalue weighted by atomic mass is 32.1. The fourth-order valence-corrected chi connectivity index (χ4v) is 9.03. The molecule has 2 aromatic heterocycles. The van der Waals surface area contributed by atoms with E-state index in [1.165, 1.54) is 63.3 Å². The molecule has 3 nitrogen and oxygen atoms in total. The van der Waals surface area contributed by atoms with Crippen LogP contribution in [0, 0.1) is 0 Å². The molecule has 0 bridgehead atoms. The smallest absolute Gasteiger partial charge is 0.164 e. The third-order valence-corrected chi connectivity index (χ3v) is 11.4. The molecule has 0 atom stereocenters. The van der Waals surface area contributed by atoms with Gasteiger partial charge in [-0.15, -0.1) is 11.3 Å². The SMILES string of the molecule is c1ccc2cc(-c3nc(-c4ccc5ccccc5c4)nc(-c4cc5ccc6ccccc6c5c5sc6cc7ccccc7cc6c45)n3)ccc2c1. The lowest BCUT2D eigenvalue weighted by Gasteiger charge is -2.13. The molecular formula is C47H27N3S. The Labute approximate surface area is 297 Å². The van der Waals surface area contributed by atoms with Gasteiger partial charge in [0, 0.05) is 42.2 Å². The van der Waals surface area contributed by atoms with Crippen molar-refractivity contribution in [2.75, 3.05) is 0 Å². The van der Waals surface area contributed by atoms with Gasteiger partial charge in [-0.3, -0.25) is 0 Å². The molecule has 0 spiro atoms. The van der Waals surface area contributed by atoms with Gasteiger partial charge < -0.3 is 0 Å². The van der Waals surface area contributed by atoms with Crippen LogP contribution in [0.15, 0.2) is 164 Å². The summed E-state index contributed by atoms with van der Waals surface area (Å²) in [5.41, 5.74) is 2.94. The van der Waals surface area contributed by atoms with E-state index in [2.05, 4.69) is 164 Å². The summed E-state index contributed by atoms with van der Waals surface area (Å²) in [4.78, 5) is 15.8. The van der Waals surface area contributed by atoms with Crippen molar-refractivity contribution in [1.29, 1.82) is 0 Å². The van der Waals surface area contributed by atoms with E-state index in [4.69, 9.17) is 15.0 Å². The Morgan fingerprint density at radius 2 is 0.824 bits per heavy atom. The molecule has 0 saturated carbocycles. The summed E-state index contributed by atoms with van der Waals surface area (Å²) in [5, 5.41) is 14.5. The van der Waals surface area contributed by atoms with E-state index in [0.717, 1.165) is 27.5 Å². The van der Waals surface area contributed by atoms with Crippen LogP contribution in [0.1, 0.15) is 0 Å². The fourth-order valence-electron chi connectivity index (χ4n) is 7.70. The molecule has 0 radical (unpaired) electrons. The minimum absolute atomic E-state index is 0.658. The summed E-state index contributed by atoms with van der Waals surface area (Å²) in [6.07, 6.45) is 0. The van der Waals surface area contributed by atoms with Gasteiger partial charge in [0.05, 0.1) is 0 Å². The van der Waals surface area contributed by atoms with Crippen LogP contribution in [-0.2, 0) is 0 Å². The van der Waals surface area contributed by atoms with Crippen molar-refractivity contribution in [2.24, 2.45) is 0 Å². The fraction of sp³-hybridized carbons (Fsp3) is 0. The second kappa shape index (κ2) is 11.0. The number of rotatable bonds is 3. The second-order valence-electron chi connectivity index (χ2n) is 13.2. The Bertz CT molecular complexity index is 3120. The highest BCUT2D eigenvalue weighted by Gasteiger charge is 2.21. The summed E-state index contributed by atoms with van der Waals surface area (Å²) >= 11 is 1.86. The number of nitrogens with zero attached hydrogens (tertiary/aromatic N) is 3. The Hall–Kier alpha value is -6.49. The molecule has 0 aliphatic carbocycles. The van der Waals surface area contributed by atoms with Crippen LogP contribution in [-0.4, -0.2) is 15.0 Å². The molecule has 0 amide bonds. The van der Waals surface area contributed by atoms with Gasteiger partial charge in [0.25, 0.3) is 0 Å². The van der Waals surface area contributed by atoms with Crippen LogP contribution < -0.4 is 0 Å². The van der Waals surface area contributed by atoms with Gasteiger partial charge in [0.15, 0.2) is 17.5 Å². The van der Waals surface area contributed by atoms with Crippen molar-refractivity contribution in [3.8, 4) is 34.2 Å². The van der Waals surface area contributed by atoms with Crippen molar-refractivity contribution in [3.63, 3.8) is 0 Å². The van der Waals surface area contributed by atoms with Crippen molar-refractivity contribution in [2.45, 2.75) is 0 Å². The lowest BCUT2D eigenvalue weighted by Crippen LogP contribution is -2.01. The first-order chi connectivity index (χ1) is 25.2. The average Bonchev–Trinajstić information content (AvgIpc) is 3.57. The Balaban J connectivity index is 1.26. The molecule has 0 N–H and O–H groups in total. The topological polar surface area (TPSA) is 38.7 Å². The van der Waals surface area contributed by atoms with Gasteiger partial charge in [-0.1, -0.05) is 133 Å². The summed E-state index contributed by atoms with van der Waals surface area (Å²) < 4.78 is 2.51. The zero-order valence-corrected chi connectivity index (χ0v) is 28.2. The quantitative estimate of drug-likeness (QED) is 0.176. The Morgan fingerprint density at radius 1 is 0.333 bits per heavy atom. The molecule has 2 heterocycles. The van der Waals surface area contributed by atoms with Gasteiger partial charge in [0.2, 0.25) is 0 Å². The van der Waals surface area contributed by atoms with Gasteiger partial charge in [-0.25, -0.2) is 15.0 Å². The van der Waals surface area contributed by atoms with E-state index in [-0.39, 0.29) is 0 Å². The molecular weight excluding hydrogens is 639 g/mol. The molecule has 236 valence electrons. The number of aromatic nitrogens is 3. The minimum Gasteiger partial charge on any atom is -0.208 e. The van der Waals surface area contributed by atoms with Crippen molar-refractivity contribution in [1.82, 2.24) is 15.0 Å². The highest BCUT2D eigenvalue weighted by molar-refractivity contribution is 7.27. The van der Waals surface area contributed by atoms with Gasteiger partial charge in [-0.05, 0) is 78.8 Å². The molecule has 11 aromatic rings. The number of benzene rings is 9. The minimum atomic E-state index is 0.658. The number of hydrogen-bond acceptors (Lipinski definition) is 4. The maximum Gasteiger partial charge on any atom is 0.164 e. The van der Waals surface area contributed by atoms with E-state index < -0.39 is 0 Å². The van der Waals surface area contributed by atoms with Crippen molar-refractivity contribution < 1.29 is 0 Å². The van der Waals surface area contributed by atoms with Crippen LogP contribution >= 0.6 is 11.3 Å².